The fourth-order valence-corrected chi connectivity index (χ4v) is 2.53. The second kappa shape index (κ2) is 7.31. The van der Waals surface area contributed by atoms with Crippen LogP contribution < -0.4 is 5.32 Å². The lowest BCUT2D eigenvalue weighted by atomic mass is 10.1. The summed E-state index contributed by atoms with van der Waals surface area (Å²) in [6, 6.07) is 7.88. The Labute approximate surface area is 152 Å². The minimum Gasteiger partial charge on any atom is -0.320 e. The molecule has 26 heavy (non-hydrogen) atoms. The number of benzene rings is 1. The van der Waals surface area contributed by atoms with Gasteiger partial charge in [-0.15, -0.1) is 0 Å². The molecule has 2 aromatic heterocycles. The number of anilines is 1. The maximum absolute atomic E-state index is 12.1. The van der Waals surface area contributed by atoms with Gasteiger partial charge in [0.25, 0.3) is 5.95 Å². The summed E-state index contributed by atoms with van der Waals surface area (Å²) in [6.07, 6.45) is 6.44. The third kappa shape index (κ3) is 3.69. The molecule has 0 aliphatic heterocycles. The van der Waals surface area contributed by atoms with Gasteiger partial charge in [-0.2, -0.15) is 5.10 Å². The van der Waals surface area contributed by atoms with Gasteiger partial charge in [-0.05, 0) is 50.5 Å². The molecule has 0 saturated carbocycles. The average molecular weight is 347 g/mol. The van der Waals surface area contributed by atoms with E-state index in [4.69, 9.17) is 0 Å². The number of nitrogens with zero attached hydrogens (tertiary/aromatic N) is 4. The average Bonchev–Trinajstić information content (AvgIpc) is 2.89. The molecule has 0 aliphatic carbocycles. The Morgan fingerprint density at radius 2 is 1.77 bits per heavy atom. The molecular formula is C20H21N5O. The van der Waals surface area contributed by atoms with E-state index in [1.165, 1.54) is 6.08 Å². The van der Waals surface area contributed by atoms with E-state index in [-0.39, 0.29) is 5.91 Å². The van der Waals surface area contributed by atoms with Crippen molar-refractivity contribution >= 4 is 17.7 Å². The molecule has 0 bridgehead atoms. The summed E-state index contributed by atoms with van der Waals surface area (Å²) in [5.41, 5.74) is 5.72. The van der Waals surface area contributed by atoms with Crippen LogP contribution in [0, 0.1) is 27.7 Å². The van der Waals surface area contributed by atoms with Crippen LogP contribution in [-0.2, 0) is 4.79 Å². The molecule has 3 aromatic rings. The van der Waals surface area contributed by atoms with E-state index in [1.54, 1.807) is 23.2 Å². The van der Waals surface area contributed by atoms with Gasteiger partial charge in [-0.1, -0.05) is 24.3 Å². The fraction of sp³-hybridized carbons (Fsp3) is 0.200. The number of aromatic nitrogens is 4. The molecule has 6 nitrogen and oxygen atoms in total. The van der Waals surface area contributed by atoms with Gasteiger partial charge in [0, 0.05) is 11.8 Å². The van der Waals surface area contributed by atoms with Crippen LogP contribution >= 0.6 is 0 Å². The van der Waals surface area contributed by atoms with Gasteiger partial charge < -0.3 is 5.32 Å². The van der Waals surface area contributed by atoms with Crippen molar-refractivity contribution in [2.45, 2.75) is 27.7 Å². The lowest BCUT2D eigenvalue weighted by Gasteiger charge is -2.05. The van der Waals surface area contributed by atoms with Gasteiger partial charge in [-0.25, -0.2) is 14.6 Å². The minimum atomic E-state index is -0.230. The zero-order valence-electron chi connectivity index (χ0n) is 15.3. The van der Waals surface area contributed by atoms with Crippen LogP contribution in [0.25, 0.3) is 12.0 Å². The Kier molecular flexibility index (Phi) is 4.93. The molecule has 0 spiro atoms. The highest BCUT2D eigenvalue weighted by Gasteiger charge is 2.11. The van der Waals surface area contributed by atoms with Crippen molar-refractivity contribution in [2.75, 3.05) is 5.32 Å². The first kappa shape index (κ1) is 17.5. The predicted molar refractivity (Wildman–Crippen MR) is 102 cm³/mol. The largest absolute Gasteiger partial charge is 0.320 e. The van der Waals surface area contributed by atoms with Crippen LogP contribution in [0.3, 0.4) is 0 Å². The number of hydrogen-bond donors (Lipinski definition) is 1. The summed E-state index contributed by atoms with van der Waals surface area (Å²) in [5, 5.41) is 7.20. The van der Waals surface area contributed by atoms with E-state index in [9.17, 15) is 4.79 Å². The smallest absolute Gasteiger partial charge is 0.250 e. The Bertz CT molecular complexity index is 970. The highest BCUT2D eigenvalue weighted by atomic mass is 16.1. The van der Waals surface area contributed by atoms with E-state index in [0.717, 1.165) is 28.1 Å². The molecule has 6 heteroatoms. The van der Waals surface area contributed by atoms with Crippen LogP contribution in [0.15, 0.2) is 42.7 Å². The molecule has 0 aliphatic rings. The molecule has 1 amide bonds. The number of hydrogen-bond acceptors (Lipinski definition) is 4. The topological polar surface area (TPSA) is 72.7 Å². The zero-order chi connectivity index (χ0) is 18.7. The second-order valence-corrected chi connectivity index (χ2v) is 6.16. The molecule has 1 aromatic carbocycles. The van der Waals surface area contributed by atoms with Gasteiger partial charge in [0.05, 0.1) is 23.8 Å². The summed E-state index contributed by atoms with van der Waals surface area (Å²) in [6.45, 7) is 7.95. The summed E-state index contributed by atoms with van der Waals surface area (Å²) in [4.78, 5) is 20.7. The number of carbonyl (C=O) groups is 1. The Morgan fingerprint density at radius 1 is 1.08 bits per heavy atom. The van der Waals surface area contributed by atoms with Gasteiger partial charge in [0.1, 0.15) is 0 Å². The van der Waals surface area contributed by atoms with E-state index >= 15 is 0 Å². The number of amides is 1. The third-order valence-corrected chi connectivity index (χ3v) is 4.35. The summed E-state index contributed by atoms with van der Waals surface area (Å²) in [5.74, 6) is 0.249. The first-order chi connectivity index (χ1) is 12.5. The van der Waals surface area contributed by atoms with Crippen LogP contribution in [0.1, 0.15) is 28.1 Å². The van der Waals surface area contributed by atoms with Crippen molar-refractivity contribution in [1.82, 2.24) is 19.7 Å². The quantitative estimate of drug-likeness (QED) is 0.733. The third-order valence-electron chi connectivity index (χ3n) is 4.35. The van der Waals surface area contributed by atoms with Crippen molar-refractivity contribution in [2.24, 2.45) is 0 Å². The lowest BCUT2D eigenvalue weighted by Crippen LogP contribution is -2.10. The first-order valence-corrected chi connectivity index (χ1v) is 8.35. The van der Waals surface area contributed by atoms with Crippen LogP contribution in [0.4, 0.5) is 5.69 Å². The molecule has 132 valence electrons. The molecule has 0 atom stereocenters. The molecule has 0 radical (unpaired) electrons. The number of nitrogens with one attached hydrogen (secondary N) is 1. The summed E-state index contributed by atoms with van der Waals surface area (Å²) < 4.78 is 1.70. The number of rotatable bonds is 4. The Balaban J connectivity index is 1.70. The highest BCUT2D eigenvalue weighted by Crippen LogP contribution is 2.15. The van der Waals surface area contributed by atoms with Crippen LogP contribution in [0.2, 0.25) is 0 Å². The minimum absolute atomic E-state index is 0.230. The predicted octanol–water partition coefficient (Wildman–Crippen LogP) is 3.55. The van der Waals surface area contributed by atoms with E-state index in [2.05, 4.69) is 20.4 Å². The summed E-state index contributed by atoms with van der Waals surface area (Å²) >= 11 is 0. The van der Waals surface area contributed by atoms with Crippen LogP contribution in [0.5, 0.6) is 0 Å². The van der Waals surface area contributed by atoms with Crippen molar-refractivity contribution < 1.29 is 4.79 Å². The van der Waals surface area contributed by atoms with E-state index in [1.807, 2.05) is 52.0 Å². The van der Waals surface area contributed by atoms with Crippen LogP contribution in [-0.4, -0.2) is 25.7 Å². The second-order valence-electron chi connectivity index (χ2n) is 6.16. The van der Waals surface area contributed by atoms with Crippen molar-refractivity contribution in [3.05, 3.63) is 70.8 Å². The number of carbonyl (C=O) groups excluding carboxylic acids is 1. The van der Waals surface area contributed by atoms with E-state index < -0.39 is 0 Å². The van der Waals surface area contributed by atoms with Crippen molar-refractivity contribution in [3.63, 3.8) is 0 Å². The van der Waals surface area contributed by atoms with Gasteiger partial charge in [0.15, 0.2) is 0 Å². The monoisotopic (exact) mass is 347 g/mol. The first-order valence-electron chi connectivity index (χ1n) is 8.35. The summed E-state index contributed by atoms with van der Waals surface area (Å²) in [7, 11) is 0. The zero-order valence-corrected chi connectivity index (χ0v) is 15.3. The molecule has 3 rings (SSSR count). The molecule has 1 N–H and O–H groups in total. The number of aryl methyl sites for hydroxylation is 2. The molecule has 0 unspecified atom stereocenters. The lowest BCUT2D eigenvalue weighted by molar-refractivity contribution is -0.111. The molecule has 0 fully saturated rings. The normalized spacial score (nSPS) is 11.1. The standard InChI is InChI=1S/C20H21N5O/c1-13-7-5-6-8-17(13)9-10-19(26)23-18-11-21-20(22-12-18)25-16(4)14(2)15(3)24-25/h5-12H,1-4H3,(H,23,26)/b10-9+. The van der Waals surface area contributed by atoms with Gasteiger partial charge >= 0.3 is 0 Å². The molecule has 0 saturated heterocycles. The van der Waals surface area contributed by atoms with Gasteiger partial charge in [0.2, 0.25) is 5.91 Å². The molecular weight excluding hydrogens is 326 g/mol. The van der Waals surface area contributed by atoms with Crippen molar-refractivity contribution in [3.8, 4) is 5.95 Å². The highest BCUT2D eigenvalue weighted by molar-refractivity contribution is 6.01. The fourth-order valence-electron chi connectivity index (χ4n) is 2.53. The Morgan fingerprint density at radius 3 is 2.38 bits per heavy atom. The Hall–Kier alpha value is -3.28. The maximum Gasteiger partial charge on any atom is 0.250 e. The van der Waals surface area contributed by atoms with Gasteiger partial charge in [-0.3, -0.25) is 4.79 Å². The SMILES string of the molecule is Cc1ccccc1/C=C/C(=O)Nc1cnc(-n2nc(C)c(C)c2C)nc1. The molecule has 2 heterocycles. The van der Waals surface area contributed by atoms with Crippen molar-refractivity contribution in [1.29, 1.82) is 0 Å². The van der Waals surface area contributed by atoms with E-state index in [0.29, 0.717) is 11.6 Å². The maximum atomic E-state index is 12.1.